The average molecular weight is 588 g/mol. The highest BCUT2D eigenvalue weighted by atomic mass is 32.1. The minimum atomic E-state index is -1.39. The second-order valence-corrected chi connectivity index (χ2v) is 10.1. The number of para-hydroxylation sites is 1. The van der Waals surface area contributed by atoms with E-state index < -0.39 is 54.6 Å². The van der Waals surface area contributed by atoms with Crippen molar-refractivity contribution >= 4 is 45.4 Å². The van der Waals surface area contributed by atoms with E-state index in [2.05, 4.69) is 0 Å². The summed E-state index contributed by atoms with van der Waals surface area (Å²) >= 11 is 1.43. The zero-order valence-corrected chi connectivity index (χ0v) is 23.8. The van der Waals surface area contributed by atoms with E-state index in [-0.39, 0.29) is 12.4 Å². The summed E-state index contributed by atoms with van der Waals surface area (Å²) < 4.78 is 40.3. The SMILES string of the molecule is COc1ccc(O[C@@H]2O[C@H](COC(C)=O)[C@H](OC(C)=O)[C@H](OC(C)=O)[C@H]2OC(C)=O)c(-c2nc3ccccc3s2)c1. The Kier molecular flexibility index (Phi) is 9.40. The van der Waals surface area contributed by atoms with E-state index >= 15 is 0 Å². The molecule has 2 aromatic carbocycles. The van der Waals surface area contributed by atoms with Crippen LogP contribution < -0.4 is 9.47 Å². The van der Waals surface area contributed by atoms with E-state index in [0.717, 1.165) is 31.0 Å². The molecule has 3 aromatic rings. The number of ether oxygens (including phenoxy) is 7. The van der Waals surface area contributed by atoms with Crippen molar-refractivity contribution in [3.63, 3.8) is 0 Å². The van der Waals surface area contributed by atoms with E-state index in [0.29, 0.717) is 16.3 Å². The van der Waals surface area contributed by atoms with Crippen molar-refractivity contribution in [3.8, 4) is 22.1 Å². The Morgan fingerprint density at radius 1 is 0.854 bits per heavy atom. The molecule has 4 rings (SSSR count). The van der Waals surface area contributed by atoms with E-state index in [1.165, 1.54) is 25.4 Å². The Morgan fingerprint density at radius 3 is 2.15 bits per heavy atom. The molecule has 2 heterocycles. The lowest BCUT2D eigenvalue weighted by Crippen LogP contribution is -2.63. The first kappa shape index (κ1) is 29.7. The molecule has 218 valence electrons. The van der Waals surface area contributed by atoms with Crippen molar-refractivity contribution in [2.75, 3.05) is 13.7 Å². The van der Waals surface area contributed by atoms with Crippen molar-refractivity contribution in [3.05, 3.63) is 42.5 Å². The average Bonchev–Trinajstić information content (AvgIpc) is 3.34. The first-order valence-corrected chi connectivity index (χ1v) is 13.4. The van der Waals surface area contributed by atoms with Gasteiger partial charge in [0.25, 0.3) is 0 Å². The van der Waals surface area contributed by atoms with Gasteiger partial charge in [-0.2, -0.15) is 0 Å². The van der Waals surface area contributed by atoms with Gasteiger partial charge in [0.2, 0.25) is 12.4 Å². The van der Waals surface area contributed by atoms with E-state index in [9.17, 15) is 19.2 Å². The fourth-order valence-electron chi connectivity index (χ4n) is 4.30. The number of hydrogen-bond acceptors (Lipinski definition) is 13. The number of carbonyl (C=O) groups is 4. The molecule has 5 atom stereocenters. The Balaban J connectivity index is 1.78. The molecule has 0 spiro atoms. The number of rotatable bonds is 9. The smallest absolute Gasteiger partial charge is 0.303 e. The molecule has 1 saturated heterocycles. The summed E-state index contributed by atoms with van der Waals surface area (Å²) in [6.45, 7) is 4.29. The third-order valence-electron chi connectivity index (χ3n) is 5.90. The van der Waals surface area contributed by atoms with Gasteiger partial charge in [-0.15, -0.1) is 11.3 Å². The van der Waals surface area contributed by atoms with E-state index in [1.807, 2.05) is 24.3 Å². The standard InChI is InChI=1S/C28H29NO11S/c1-14(30)35-13-22-24(36-15(2)31)25(37-16(3)32)26(38-17(4)33)28(40-22)39-21-11-10-18(34-5)12-19(21)27-29-20-8-6-7-9-23(20)41-27/h6-12,22,24-26,28H,13H2,1-5H3/t22-,24+,25+,26-,28-/m1/s1. The molecule has 0 bridgehead atoms. The predicted octanol–water partition coefficient (Wildman–Crippen LogP) is 3.43. The normalized spacial score (nSPS) is 21.9. The van der Waals surface area contributed by atoms with Crippen LogP contribution in [0, 0.1) is 0 Å². The summed E-state index contributed by atoms with van der Waals surface area (Å²) in [7, 11) is 1.53. The first-order valence-electron chi connectivity index (χ1n) is 12.6. The number of benzene rings is 2. The fourth-order valence-corrected chi connectivity index (χ4v) is 5.29. The summed E-state index contributed by atoms with van der Waals surface area (Å²) in [6, 6.07) is 12.6. The largest absolute Gasteiger partial charge is 0.497 e. The van der Waals surface area contributed by atoms with Crippen molar-refractivity contribution in [1.29, 1.82) is 0 Å². The van der Waals surface area contributed by atoms with Crippen LogP contribution in [0.15, 0.2) is 42.5 Å². The number of esters is 4. The van der Waals surface area contributed by atoms with Gasteiger partial charge < -0.3 is 33.2 Å². The third kappa shape index (κ3) is 7.30. The lowest BCUT2D eigenvalue weighted by Gasteiger charge is -2.44. The zero-order valence-electron chi connectivity index (χ0n) is 23.0. The van der Waals surface area contributed by atoms with Crippen LogP contribution in [0.1, 0.15) is 27.7 Å². The second-order valence-electron chi connectivity index (χ2n) is 9.03. The van der Waals surface area contributed by atoms with Crippen LogP contribution in [0.3, 0.4) is 0 Å². The van der Waals surface area contributed by atoms with Gasteiger partial charge in [-0.3, -0.25) is 19.2 Å². The van der Waals surface area contributed by atoms with Crippen LogP contribution in [-0.4, -0.2) is 73.3 Å². The summed E-state index contributed by atoms with van der Waals surface area (Å²) in [5.41, 5.74) is 1.34. The van der Waals surface area contributed by atoms with Crippen molar-refractivity contribution < 1.29 is 52.3 Å². The molecule has 1 aliphatic heterocycles. The maximum absolute atomic E-state index is 12.2. The van der Waals surface area contributed by atoms with E-state index in [4.69, 9.17) is 38.1 Å². The minimum absolute atomic E-state index is 0.283. The van der Waals surface area contributed by atoms with Crippen molar-refractivity contribution in [1.82, 2.24) is 4.98 Å². The Morgan fingerprint density at radius 2 is 1.51 bits per heavy atom. The molecule has 0 radical (unpaired) electrons. The number of carbonyl (C=O) groups excluding carboxylic acids is 4. The molecule has 41 heavy (non-hydrogen) atoms. The minimum Gasteiger partial charge on any atom is -0.497 e. The summed E-state index contributed by atoms with van der Waals surface area (Å²) in [5, 5.41) is 0.616. The molecule has 13 heteroatoms. The summed E-state index contributed by atoms with van der Waals surface area (Å²) in [4.78, 5) is 52.6. The number of nitrogens with zero attached hydrogens (tertiary/aromatic N) is 1. The lowest BCUT2D eigenvalue weighted by atomic mass is 9.98. The number of hydrogen-bond donors (Lipinski definition) is 0. The fraction of sp³-hybridized carbons (Fsp3) is 0.393. The molecule has 0 unspecified atom stereocenters. The van der Waals surface area contributed by atoms with Gasteiger partial charge >= 0.3 is 23.9 Å². The Labute approximate surface area is 239 Å². The number of thiazole rings is 1. The molecule has 1 fully saturated rings. The third-order valence-corrected chi connectivity index (χ3v) is 6.97. The predicted molar refractivity (Wildman–Crippen MR) is 144 cm³/mol. The van der Waals surface area contributed by atoms with E-state index in [1.54, 1.807) is 18.2 Å². The molecule has 0 aliphatic carbocycles. The van der Waals surface area contributed by atoms with Crippen molar-refractivity contribution in [2.45, 2.75) is 58.4 Å². The molecule has 0 saturated carbocycles. The van der Waals surface area contributed by atoms with Gasteiger partial charge in [0.15, 0.2) is 12.2 Å². The van der Waals surface area contributed by atoms with Crippen LogP contribution >= 0.6 is 11.3 Å². The van der Waals surface area contributed by atoms with Crippen LogP contribution in [0.25, 0.3) is 20.8 Å². The summed E-state index contributed by atoms with van der Waals surface area (Å²) in [5.74, 6) is -2.00. The topological polar surface area (TPSA) is 146 Å². The van der Waals surface area contributed by atoms with Gasteiger partial charge in [0.1, 0.15) is 29.2 Å². The molecular weight excluding hydrogens is 558 g/mol. The molecule has 0 N–H and O–H groups in total. The van der Waals surface area contributed by atoms with Crippen LogP contribution in [0.2, 0.25) is 0 Å². The monoisotopic (exact) mass is 587 g/mol. The molecule has 1 aliphatic rings. The number of aromatic nitrogens is 1. The van der Waals surface area contributed by atoms with Gasteiger partial charge in [-0.1, -0.05) is 12.1 Å². The molecule has 0 amide bonds. The van der Waals surface area contributed by atoms with Crippen LogP contribution in [0.4, 0.5) is 0 Å². The number of methoxy groups -OCH3 is 1. The first-order chi connectivity index (χ1) is 19.5. The van der Waals surface area contributed by atoms with Crippen molar-refractivity contribution in [2.24, 2.45) is 0 Å². The molecule has 12 nitrogen and oxygen atoms in total. The maximum atomic E-state index is 12.2. The second kappa shape index (κ2) is 13.0. The van der Waals surface area contributed by atoms with Crippen LogP contribution in [-0.2, 0) is 42.9 Å². The zero-order chi connectivity index (χ0) is 29.7. The molecular formula is C28H29NO11S. The highest BCUT2D eigenvalue weighted by Crippen LogP contribution is 2.40. The molecule has 1 aromatic heterocycles. The number of fused-ring (bicyclic) bond motifs is 1. The van der Waals surface area contributed by atoms with Gasteiger partial charge in [0, 0.05) is 27.7 Å². The lowest BCUT2D eigenvalue weighted by molar-refractivity contribution is -0.288. The Bertz CT molecular complexity index is 1400. The van der Waals surface area contributed by atoms with Crippen LogP contribution in [0.5, 0.6) is 11.5 Å². The van der Waals surface area contributed by atoms with Gasteiger partial charge in [-0.25, -0.2) is 4.98 Å². The highest BCUT2D eigenvalue weighted by Gasteiger charge is 2.53. The summed E-state index contributed by atoms with van der Waals surface area (Å²) in [6.07, 6.45) is -6.56. The van der Waals surface area contributed by atoms with Gasteiger partial charge in [-0.05, 0) is 30.3 Å². The van der Waals surface area contributed by atoms with Gasteiger partial charge in [0.05, 0.1) is 22.9 Å². The highest BCUT2D eigenvalue weighted by molar-refractivity contribution is 7.21. The quantitative estimate of drug-likeness (QED) is 0.267. The maximum Gasteiger partial charge on any atom is 0.303 e. The Hall–Kier alpha value is -4.23.